The van der Waals surface area contributed by atoms with Gasteiger partial charge in [-0.15, -0.1) is 0 Å². The van der Waals surface area contributed by atoms with E-state index in [0.717, 1.165) is 44.6 Å². The van der Waals surface area contributed by atoms with Crippen molar-refractivity contribution in [1.29, 1.82) is 5.26 Å². The molecule has 3 rings (SSSR count). The molecule has 5 nitrogen and oxygen atoms in total. The quantitative estimate of drug-likeness (QED) is 0.929. The summed E-state index contributed by atoms with van der Waals surface area (Å²) in [6.45, 7) is 1.63. The number of piperidine rings is 1. The second-order valence-electron chi connectivity index (χ2n) is 6.04. The van der Waals surface area contributed by atoms with Crippen molar-refractivity contribution in [3.05, 3.63) is 22.8 Å². The zero-order valence-corrected chi connectivity index (χ0v) is 13.1. The molecule has 0 spiro atoms. The minimum absolute atomic E-state index is 0.222. The van der Waals surface area contributed by atoms with Gasteiger partial charge in [0.1, 0.15) is 11.9 Å². The highest BCUT2D eigenvalue weighted by molar-refractivity contribution is 6.33. The standard InChI is InChI=1S/C16H19ClN4O/c17-14-8-11(9-18)10-19-15(14)21-6-4-13(5-7-21)20-16(22)12-2-1-3-12/h8,10,12-13H,1-7H2,(H,20,22). The summed E-state index contributed by atoms with van der Waals surface area (Å²) in [6.07, 6.45) is 6.60. The summed E-state index contributed by atoms with van der Waals surface area (Å²) >= 11 is 6.21. The first-order valence-electron chi connectivity index (χ1n) is 7.78. The smallest absolute Gasteiger partial charge is 0.223 e. The predicted molar refractivity (Wildman–Crippen MR) is 84.7 cm³/mol. The second kappa shape index (κ2) is 6.53. The van der Waals surface area contributed by atoms with Gasteiger partial charge in [-0.2, -0.15) is 5.26 Å². The van der Waals surface area contributed by atoms with Crippen LogP contribution in [0.15, 0.2) is 12.3 Å². The van der Waals surface area contributed by atoms with Crippen molar-refractivity contribution in [2.45, 2.75) is 38.1 Å². The topological polar surface area (TPSA) is 69.0 Å². The third-order valence-electron chi connectivity index (χ3n) is 4.57. The van der Waals surface area contributed by atoms with Crippen molar-refractivity contribution in [1.82, 2.24) is 10.3 Å². The molecule has 0 aromatic carbocycles. The Morgan fingerprint density at radius 1 is 1.36 bits per heavy atom. The molecule has 1 aliphatic heterocycles. The number of anilines is 1. The van der Waals surface area contributed by atoms with Crippen molar-refractivity contribution < 1.29 is 4.79 Å². The van der Waals surface area contributed by atoms with Crippen LogP contribution < -0.4 is 10.2 Å². The fraction of sp³-hybridized carbons (Fsp3) is 0.562. The fourth-order valence-electron chi connectivity index (χ4n) is 2.95. The summed E-state index contributed by atoms with van der Waals surface area (Å²) in [6, 6.07) is 3.93. The van der Waals surface area contributed by atoms with Gasteiger partial charge in [-0.05, 0) is 31.7 Å². The van der Waals surface area contributed by atoms with E-state index in [2.05, 4.69) is 15.2 Å². The normalized spacial score (nSPS) is 19.4. The van der Waals surface area contributed by atoms with Crippen molar-refractivity contribution in [3.8, 4) is 6.07 Å². The van der Waals surface area contributed by atoms with Gasteiger partial charge in [0, 0.05) is 31.2 Å². The first-order valence-corrected chi connectivity index (χ1v) is 8.16. The van der Waals surface area contributed by atoms with E-state index in [-0.39, 0.29) is 17.9 Å². The molecule has 1 saturated heterocycles. The first kappa shape index (κ1) is 15.1. The van der Waals surface area contributed by atoms with Gasteiger partial charge in [0.2, 0.25) is 5.91 Å². The third-order valence-corrected chi connectivity index (χ3v) is 4.85. The average Bonchev–Trinajstić information content (AvgIpc) is 2.46. The minimum Gasteiger partial charge on any atom is -0.355 e. The van der Waals surface area contributed by atoms with Gasteiger partial charge >= 0.3 is 0 Å². The SMILES string of the molecule is N#Cc1cnc(N2CCC(NC(=O)C3CCC3)CC2)c(Cl)c1. The Bertz CT molecular complexity index is 601. The van der Waals surface area contributed by atoms with Gasteiger partial charge in [0.25, 0.3) is 0 Å². The zero-order chi connectivity index (χ0) is 15.5. The lowest BCUT2D eigenvalue weighted by Gasteiger charge is -2.35. The fourth-order valence-corrected chi connectivity index (χ4v) is 3.24. The van der Waals surface area contributed by atoms with Gasteiger partial charge < -0.3 is 10.2 Å². The zero-order valence-electron chi connectivity index (χ0n) is 12.4. The number of nitrogens with one attached hydrogen (secondary N) is 1. The molecule has 2 fully saturated rings. The van der Waals surface area contributed by atoms with Crippen LogP contribution in [0.25, 0.3) is 0 Å². The van der Waals surface area contributed by atoms with Crippen molar-refractivity contribution >= 4 is 23.3 Å². The van der Waals surface area contributed by atoms with E-state index < -0.39 is 0 Å². The molecule has 2 aliphatic rings. The first-order chi connectivity index (χ1) is 10.7. The molecule has 6 heteroatoms. The van der Waals surface area contributed by atoms with E-state index in [1.807, 2.05) is 6.07 Å². The molecule has 0 radical (unpaired) electrons. The molecular formula is C16H19ClN4O. The van der Waals surface area contributed by atoms with E-state index >= 15 is 0 Å². The lowest BCUT2D eigenvalue weighted by Crippen LogP contribution is -2.47. The number of pyridine rings is 1. The van der Waals surface area contributed by atoms with Crippen LogP contribution in [-0.2, 0) is 4.79 Å². The summed E-state index contributed by atoms with van der Waals surface area (Å²) < 4.78 is 0. The Labute approximate surface area is 135 Å². The molecular weight excluding hydrogens is 300 g/mol. The van der Waals surface area contributed by atoms with E-state index in [9.17, 15) is 4.79 Å². The number of nitriles is 1. The van der Waals surface area contributed by atoms with Crippen LogP contribution in [-0.4, -0.2) is 30.0 Å². The Kier molecular flexibility index (Phi) is 4.49. The Morgan fingerprint density at radius 3 is 2.64 bits per heavy atom. The van der Waals surface area contributed by atoms with E-state index in [1.165, 1.54) is 6.42 Å². The Balaban J connectivity index is 1.55. The van der Waals surface area contributed by atoms with Crippen LogP contribution in [0.2, 0.25) is 5.02 Å². The number of amides is 1. The Morgan fingerprint density at radius 2 is 2.09 bits per heavy atom. The molecule has 1 N–H and O–H groups in total. The summed E-state index contributed by atoms with van der Waals surface area (Å²) in [5.41, 5.74) is 0.469. The van der Waals surface area contributed by atoms with E-state index in [4.69, 9.17) is 16.9 Å². The van der Waals surface area contributed by atoms with Crippen LogP contribution in [0.3, 0.4) is 0 Å². The van der Waals surface area contributed by atoms with Gasteiger partial charge in [-0.25, -0.2) is 4.98 Å². The van der Waals surface area contributed by atoms with Crippen molar-refractivity contribution in [2.24, 2.45) is 5.92 Å². The van der Waals surface area contributed by atoms with Gasteiger partial charge in [-0.3, -0.25) is 4.79 Å². The van der Waals surface area contributed by atoms with Gasteiger partial charge in [0.15, 0.2) is 0 Å². The molecule has 1 amide bonds. The maximum atomic E-state index is 12.0. The van der Waals surface area contributed by atoms with E-state index in [0.29, 0.717) is 10.6 Å². The molecule has 1 aliphatic carbocycles. The number of carbonyl (C=O) groups is 1. The van der Waals surface area contributed by atoms with Crippen LogP contribution in [0.1, 0.15) is 37.7 Å². The average molecular weight is 319 g/mol. The molecule has 1 aromatic heterocycles. The highest BCUT2D eigenvalue weighted by Gasteiger charge is 2.28. The van der Waals surface area contributed by atoms with Gasteiger partial charge in [-0.1, -0.05) is 18.0 Å². The number of aromatic nitrogens is 1. The lowest BCUT2D eigenvalue weighted by atomic mass is 9.84. The summed E-state index contributed by atoms with van der Waals surface area (Å²) in [5.74, 6) is 1.19. The highest BCUT2D eigenvalue weighted by atomic mass is 35.5. The van der Waals surface area contributed by atoms with Crippen molar-refractivity contribution in [3.63, 3.8) is 0 Å². The highest BCUT2D eigenvalue weighted by Crippen LogP contribution is 2.28. The van der Waals surface area contributed by atoms with Crippen LogP contribution in [0, 0.1) is 17.2 Å². The Hall–Kier alpha value is -1.80. The summed E-state index contributed by atoms with van der Waals surface area (Å²) in [4.78, 5) is 18.4. The maximum Gasteiger partial charge on any atom is 0.223 e. The molecule has 22 heavy (non-hydrogen) atoms. The number of rotatable bonds is 3. The molecule has 0 unspecified atom stereocenters. The summed E-state index contributed by atoms with van der Waals surface area (Å²) in [7, 11) is 0. The number of hydrogen-bond donors (Lipinski definition) is 1. The number of nitrogens with zero attached hydrogens (tertiary/aromatic N) is 3. The molecule has 0 atom stereocenters. The second-order valence-corrected chi connectivity index (χ2v) is 6.45. The number of carbonyl (C=O) groups excluding carboxylic acids is 1. The molecule has 2 heterocycles. The monoisotopic (exact) mass is 318 g/mol. The molecule has 0 bridgehead atoms. The summed E-state index contributed by atoms with van der Waals surface area (Å²) in [5, 5.41) is 12.5. The predicted octanol–water partition coefficient (Wildman–Crippen LogP) is 2.49. The largest absolute Gasteiger partial charge is 0.355 e. The molecule has 1 saturated carbocycles. The minimum atomic E-state index is 0.222. The van der Waals surface area contributed by atoms with Crippen LogP contribution >= 0.6 is 11.6 Å². The number of halogens is 1. The number of hydrogen-bond acceptors (Lipinski definition) is 4. The van der Waals surface area contributed by atoms with Gasteiger partial charge in [0.05, 0.1) is 10.6 Å². The molecule has 1 aromatic rings. The van der Waals surface area contributed by atoms with Crippen LogP contribution in [0.5, 0.6) is 0 Å². The lowest BCUT2D eigenvalue weighted by molar-refractivity contribution is -0.128. The van der Waals surface area contributed by atoms with Crippen LogP contribution in [0.4, 0.5) is 5.82 Å². The molecule has 116 valence electrons. The third kappa shape index (κ3) is 3.17. The maximum absolute atomic E-state index is 12.0. The van der Waals surface area contributed by atoms with E-state index in [1.54, 1.807) is 12.3 Å². The van der Waals surface area contributed by atoms with Crippen molar-refractivity contribution in [2.75, 3.05) is 18.0 Å².